The number of hydrogen-bond acceptors (Lipinski definition) is 3. The predicted octanol–water partition coefficient (Wildman–Crippen LogP) is 1.45. The molecule has 0 spiro atoms. The molecule has 0 saturated heterocycles. The SMILES string of the molecule is CCCCSCC(=O)N(C)C(C)C(=O)O. The smallest absolute Gasteiger partial charge is 0.326 e. The van der Waals surface area contributed by atoms with Crippen molar-refractivity contribution < 1.29 is 14.7 Å². The molecule has 0 saturated carbocycles. The number of likely N-dealkylation sites (N-methyl/N-ethyl adjacent to an activating group) is 1. The molecule has 0 fully saturated rings. The van der Waals surface area contributed by atoms with Gasteiger partial charge in [0.05, 0.1) is 5.75 Å². The molecule has 0 aliphatic carbocycles. The van der Waals surface area contributed by atoms with Crippen LogP contribution in [0.25, 0.3) is 0 Å². The monoisotopic (exact) mass is 233 g/mol. The summed E-state index contributed by atoms with van der Waals surface area (Å²) in [5.74, 6) is 0.237. The zero-order valence-corrected chi connectivity index (χ0v) is 10.3. The van der Waals surface area contributed by atoms with E-state index in [1.54, 1.807) is 11.8 Å². The van der Waals surface area contributed by atoms with Gasteiger partial charge in [-0.3, -0.25) is 4.79 Å². The topological polar surface area (TPSA) is 57.6 Å². The Morgan fingerprint density at radius 2 is 2.07 bits per heavy atom. The molecule has 1 unspecified atom stereocenters. The van der Waals surface area contributed by atoms with Gasteiger partial charge < -0.3 is 10.0 Å². The van der Waals surface area contributed by atoms with Gasteiger partial charge in [0.2, 0.25) is 5.91 Å². The molecule has 88 valence electrons. The van der Waals surface area contributed by atoms with Gasteiger partial charge in [0, 0.05) is 7.05 Å². The average molecular weight is 233 g/mol. The van der Waals surface area contributed by atoms with Gasteiger partial charge in [-0.05, 0) is 19.1 Å². The van der Waals surface area contributed by atoms with E-state index >= 15 is 0 Å². The molecular formula is C10H19NO3S. The molecule has 1 N–H and O–H groups in total. The van der Waals surface area contributed by atoms with Crippen LogP contribution < -0.4 is 0 Å². The Labute approximate surface area is 95.0 Å². The van der Waals surface area contributed by atoms with Crippen LogP contribution in [0.2, 0.25) is 0 Å². The van der Waals surface area contributed by atoms with Crippen molar-refractivity contribution in [3.8, 4) is 0 Å². The summed E-state index contributed by atoms with van der Waals surface area (Å²) in [6, 6.07) is -0.746. The lowest BCUT2D eigenvalue weighted by Gasteiger charge is -2.21. The summed E-state index contributed by atoms with van der Waals surface area (Å²) in [4.78, 5) is 23.4. The van der Waals surface area contributed by atoms with E-state index in [0.717, 1.165) is 18.6 Å². The number of amides is 1. The first-order chi connectivity index (χ1) is 7.00. The summed E-state index contributed by atoms with van der Waals surface area (Å²) in [6.07, 6.45) is 2.21. The van der Waals surface area contributed by atoms with Gasteiger partial charge in [-0.1, -0.05) is 13.3 Å². The van der Waals surface area contributed by atoms with Gasteiger partial charge in [-0.25, -0.2) is 4.79 Å². The molecule has 0 aliphatic rings. The average Bonchev–Trinajstić information content (AvgIpc) is 2.21. The molecule has 4 nitrogen and oxygen atoms in total. The van der Waals surface area contributed by atoms with Crippen molar-refractivity contribution in [3.63, 3.8) is 0 Å². The maximum Gasteiger partial charge on any atom is 0.326 e. The lowest BCUT2D eigenvalue weighted by molar-refractivity contribution is -0.147. The van der Waals surface area contributed by atoms with E-state index in [0.29, 0.717) is 5.75 Å². The minimum Gasteiger partial charge on any atom is -0.480 e. The van der Waals surface area contributed by atoms with Crippen LogP contribution in [0, 0.1) is 0 Å². The van der Waals surface area contributed by atoms with E-state index in [4.69, 9.17) is 5.11 Å². The number of carbonyl (C=O) groups excluding carboxylic acids is 1. The third-order valence-corrected chi connectivity index (χ3v) is 3.23. The Balaban J connectivity index is 3.84. The fraction of sp³-hybridized carbons (Fsp3) is 0.800. The third kappa shape index (κ3) is 5.67. The first kappa shape index (κ1) is 14.3. The Morgan fingerprint density at radius 1 is 1.47 bits per heavy atom. The molecule has 0 aromatic carbocycles. The number of carbonyl (C=O) groups is 2. The van der Waals surface area contributed by atoms with Gasteiger partial charge in [-0.2, -0.15) is 11.8 Å². The van der Waals surface area contributed by atoms with E-state index < -0.39 is 12.0 Å². The maximum absolute atomic E-state index is 11.5. The summed E-state index contributed by atoms with van der Waals surface area (Å²) >= 11 is 1.56. The highest BCUT2D eigenvalue weighted by Crippen LogP contribution is 2.07. The molecule has 0 aromatic rings. The molecule has 0 bridgehead atoms. The van der Waals surface area contributed by atoms with Crippen LogP contribution in [0.3, 0.4) is 0 Å². The van der Waals surface area contributed by atoms with E-state index in [1.165, 1.54) is 18.9 Å². The van der Waals surface area contributed by atoms with Crippen LogP contribution in [0.1, 0.15) is 26.7 Å². The zero-order valence-electron chi connectivity index (χ0n) is 9.52. The first-order valence-corrected chi connectivity index (χ1v) is 6.22. The van der Waals surface area contributed by atoms with Gasteiger partial charge in [0.15, 0.2) is 0 Å². The van der Waals surface area contributed by atoms with Crippen LogP contribution in [-0.4, -0.2) is 46.5 Å². The third-order valence-electron chi connectivity index (χ3n) is 2.20. The Hall–Kier alpha value is -0.710. The summed E-state index contributed by atoms with van der Waals surface area (Å²) < 4.78 is 0. The molecule has 0 rings (SSSR count). The van der Waals surface area contributed by atoms with Crippen molar-refractivity contribution >= 4 is 23.6 Å². The lowest BCUT2D eigenvalue weighted by atomic mass is 10.3. The summed E-state index contributed by atoms with van der Waals surface area (Å²) in [5.41, 5.74) is 0. The molecule has 0 heterocycles. The Kier molecular flexibility index (Phi) is 7.21. The number of nitrogens with zero attached hydrogens (tertiary/aromatic N) is 1. The second-order valence-corrected chi connectivity index (χ2v) is 4.53. The minimum absolute atomic E-state index is 0.119. The number of rotatable bonds is 7. The second kappa shape index (κ2) is 7.56. The maximum atomic E-state index is 11.5. The van der Waals surface area contributed by atoms with Crippen molar-refractivity contribution in [1.82, 2.24) is 4.90 Å². The van der Waals surface area contributed by atoms with E-state index in [2.05, 4.69) is 6.92 Å². The molecule has 1 atom stereocenters. The van der Waals surface area contributed by atoms with Gasteiger partial charge >= 0.3 is 5.97 Å². The number of hydrogen-bond donors (Lipinski definition) is 1. The summed E-state index contributed by atoms with van der Waals surface area (Å²) in [7, 11) is 1.53. The highest BCUT2D eigenvalue weighted by atomic mass is 32.2. The number of aliphatic carboxylic acids is 1. The first-order valence-electron chi connectivity index (χ1n) is 5.06. The zero-order chi connectivity index (χ0) is 11.8. The van der Waals surface area contributed by atoms with Crippen molar-refractivity contribution in [3.05, 3.63) is 0 Å². The van der Waals surface area contributed by atoms with Gasteiger partial charge in [0.1, 0.15) is 6.04 Å². The Morgan fingerprint density at radius 3 is 2.53 bits per heavy atom. The fourth-order valence-corrected chi connectivity index (χ4v) is 1.90. The number of carboxylic acid groups (broad SMARTS) is 1. The Bertz CT molecular complexity index is 221. The van der Waals surface area contributed by atoms with Gasteiger partial charge in [-0.15, -0.1) is 0 Å². The number of unbranched alkanes of at least 4 members (excludes halogenated alkanes) is 1. The van der Waals surface area contributed by atoms with Crippen LogP contribution >= 0.6 is 11.8 Å². The molecule has 0 radical (unpaired) electrons. The summed E-state index contributed by atoms with van der Waals surface area (Å²) in [6.45, 7) is 3.61. The lowest BCUT2D eigenvalue weighted by Crippen LogP contribution is -2.41. The summed E-state index contributed by atoms with van der Waals surface area (Å²) in [5, 5.41) is 8.71. The van der Waals surface area contributed by atoms with Crippen molar-refractivity contribution in [2.24, 2.45) is 0 Å². The van der Waals surface area contributed by atoms with Gasteiger partial charge in [0.25, 0.3) is 0 Å². The molecule has 0 aliphatic heterocycles. The highest BCUT2D eigenvalue weighted by Gasteiger charge is 2.20. The van der Waals surface area contributed by atoms with E-state index in [-0.39, 0.29) is 5.91 Å². The molecule has 5 heteroatoms. The fourth-order valence-electron chi connectivity index (χ4n) is 0.889. The second-order valence-electron chi connectivity index (χ2n) is 3.42. The minimum atomic E-state index is -0.968. The predicted molar refractivity (Wildman–Crippen MR) is 62.1 cm³/mol. The largest absolute Gasteiger partial charge is 0.480 e. The molecule has 1 amide bonds. The van der Waals surface area contributed by atoms with Crippen molar-refractivity contribution in [2.45, 2.75) is 32.7 Å². The molecular weight excluding hydrogens is 214 g/mol. The van der Waals surface area contributed by atoms with Crippen LogP contribution in [0.5, 0.6) is 0 Å². The number of thioether (sulfide) groups is 1. The van der Waals surface area contributed by atoms with Crippen molar-refractivity contribution in [2.75, 3.05) is 18.6 Å². The van der Waals surface area contributed by atoms with Crippen LogP contribution in [0.15, 0.2) is 0 Å². The van der Waals surface area contributed by atoms with Crippen molar-refractivity contribution in [1.29, 1.82) is 0 Å². The van der Waals surface area contributed by atoms with Crippen LogP contribution in [0.4, 0.5) is 0 Å². The van der Waals surface area contributed by atoms with E-state index in [1.807, 2.05) is 0 Å². The standard InChI is InChI=1S/C10H19NO3S/c1-4-5-6-15-7-9(12)11(3)8(2)10(13)14/h8H,4-7H2,1-3H3,(H,13,14). The quantitative estimate of drug-likeness (QED) is 0.676. The van der Waals surface area contributed by atoms with E-state index in [9.17, 15) is 9.59 Å². The normalized spacial score (nSPS) is 12.2. The van der Waals surface area contributed by atoms with Crippen LogP contribution in [-0.2, 0) is 9.59 Å². The number of carboxylic acids is 1. The highest BCUT2D eigenvalue weighted by molar-refractivity contribution is 7.99. The molecule has 15 heavy (non-hydrogen) atoms. The molecule has 0 aromatic heterocycles.